The molecule has 4 heterocycles. The number of aromatic nitrogens is 3. The second-order valence-electron chi connectivity index (χ2n) is 7.20. The maximum atomic E-state index is 14.4. The third kappa shape index (κ3) is 3.97. The van der Waals surface area contributed by atoms with E-state index in [0.29, 0.717) is 6.42 Å². The number of ether oxygens (including phenoxy) is 2. The Morgan fingerprint density at radius 3 is 2.80 bits per heavy atom. The molecule has 4 rings (SSSR count). The van der Waals surface area contributed by atoms with Gasteiger partial charge in [0.25, 0.3) is 0 Å². The number of fused-ring (bicyclic) bond motifs is 2. The first-order valence-corrected chi connectivity index (χ1v) is 10.6. The van der Waals surface area contributed by atoms with Gasteiger partial charge in [-0.25, -0.2) is 13.8 Å². The van der Waals surface area contributed by atoms with E-state index in [0.717, 1.165) is 19.2 Å². The van der Waals surface area contributed by atoms with Gasteiger partial charge in [-0.2, -0.15) is 23.1 Å². The van der Waals surface area contributed by atoms with Crippen LogP contribution in [0.25, 0.3) is 10.9 Å². The number of hydrogen-bond acceptors (Lipinski definition) is 6. The predicted molar refractivity (Wildman–Crippen MR) is 106 cm³/mol. The van der Waals surface area contributed by atoms with Crippen LogP contribution in [0.4, 0.5) is 22.0 Å². The van der Waals surface area contributed by atoms with Crippen molar-refractivity contribution in [3.05, 3.63) is 17.2 Å². The summed E-state index contributed by atoms with van der Waals surface area (Å²) in [6.07, 6.45) is -3.08. The van der Waals surface area contributed by atoms with E-state index in [4.69, 9.17) is 21.1 Å². The fourth-order valence-corrected chi connectivity index (χ4v) is 5.18. The first kappa shape index (κ1) is 21.9. The molecule has 0 spiro atoms. The summed E-state index contributed by atoms with van der Waals surface area (Å²) in [5.74, 6) is -1.56. The van der Waals surface area contributed by atoms with E-state index in [1.54, 1.807) is 0 Å². The standard InChI is InChI=1S/C17H15ClF5IN4O2/c18-13-10(20)11-8(4-25-13)14(29-7-17(21,22)23)27-15(26-11)30-6-16-2-1-3-28(16)5-9(19)12(16)24/h4,9,12H,1-3,5-7H2/t9-,12?,16+/m1/s1. The van der Waals surface area contributed by atoms with E-state index >= 15 is 0 Å². The van der Waals surface area contributed by atoms with E-state index in [1.807, 2.05) is 4.90 Å². The SMILES string of the molecule is Fc1c(Cl)ncc2c(OCC(F)(F)F)nc(OC[C@]34CCCN3C[C@@H](F)C4I)nc12. The number of pyridine rings is 1. The minimum atomic E-state index is -4.63. The summed E-state index contributed by atoms with van der Waals surface area (Å²) in [5, 5.41) is -0.677. The number of alkyl halides is 5. The molecule has 2 aliphatic rings. The Labute approximate surface area is 186 Å². The van der Waals surface area contributed by atoms with Gasteiger partial charge >= 0.3 is 12.2 Å². The van der Waals surface area contributed by atoms with Crippen LogP contribution in [0.2, 0.25) is 5.15 Å². The molecule has 0 bridgehead atoms. The molecule has 0 radical (unpaired) electrons. The van der Waals surface area contributed by atoms with Crippen LogP contribution in [0.3, 0.4) is 0 Å². The van der Waals surface area contributed by atoms with Gasteiger partial charge in [-0.05, 0) is 19.4 Å². The maximum Gasteiger partial charge on any atom is 0.422 e. The van der Waals surface area contributed by atoms with Gasteiger partial charge in [-0.3, -0.25) is 4.90 Å². The molecule has 0 N–H and O–H groups in total. The molecule has 0 aromatic carbocycles. The van der Waals surface area contributed by atoms with Gasteiger partial charge in [0.15, 0.2) is 17.6 Å². The largest absolute Gasteiger partial charge is 0.467 e. The monoisotopic (exact) mass is 564 g/mol. The average Bonchev–Trinajstić information content (AvgIpc) is 3.19. The van der Waals surface area contributed by atoms with Gasteiger partial charge in [0.1, 0.15) is 18.3 Å². The smallest absolute Gasteiger partial charge is 0.422 e. The number of hydrogen-bond donors (Lipinski definition) is 0. The summed E-state index contributed by atoms with van der Waals surface area (Å²) >= 11 is 7.72. The summed E-state index contributed by atoms with van der Waals surface area (Å²) in [4.78, 5) is 13.4. The van der Waals surface area contributed by atoms with Crippen LogP contribution in [0.1, 0.15) is 12.8 Å². The van der Waals surface area contributed by atoms with E-state index in [9.17, 15) is 22.0 Å². The van der Waals surface area contributed by atoms with Gasteiger partial charge in [-0.1, -0.05) is 34.2 Å². The first-order valence-electron chi connectivity index (χ1n) is 8.98. The van der Waals surface area contributed by atoms with Crippen LogP contribution in [0, 0.1) is 5.82 Å². The maximum absolute atomic E-state index is 14.4. The van der Waals surface area contributed by atoms with Crippen molar-refractivity contribution in [3.63, 3.8) is 0 Å². The fourth-order valence-electron chi connectivity index (χ4n) is 3.93. The summed E-state index contributed by atoms with van der Waals surface area (Å²) in [6.45, 7) is -0.630. The molecule has 6 nitrogen and oxygen atoms in total. The van der Waals surface area contributed by atoms with Crippen LogP contribution >= 0.6 is 34.2 Å². The molecule has 1 unspecified atom stereocenters. The lowest BCUT2D eigenvalue weighted by Crippen LogP contribution is -2.49. The first-order chi connectivity index (χ1) is 14.1. The molecule has 3 atom stereocenters. The van der Waals surface area contributed by atoms with Gasteiger partial charge in [0.2, 0.25) is 5.88 Å². The molecule has 30 heavy (non-hydrogen) atoms. The molecule has 2 aromatic rings. The molecule has 13 heteroatoms. The quantitative estimate of drug-likeness (QED) is 0.236. The molecule has 2 fully saturated rings. The lowest BCUT2D eigenvalue weighted by Gasteiger charge is -2.33. The third-order valence-corrected chi connectivity index (χ3v) is 7.51. The zero-order valence-electron chi connectivity index (χ0n) is 15.2. The number of rotatable bonds is 5. The summed E-state index contributed by atoms with van der Waals surface area (Å²) in [6, 6.07) is -0.382. The highest BCUT2D eigenvalue weighted by atomic mass is 127. The summed E-state index contributed by atoms with van der Waals surface area (Å²) < 4.78 is 76.6. The molecule has 2 saturated heterocycles. The predicted octanol–water partition coefficient (Wildman–Crippen LogP) is 4.13. The van der Waals surface area contributed by atoms with Crippen molar-refractivity contribution < 1.29 is 31.4 Å². The molecule has 0 saturated carbocycles. The van der Waals surface area contributed by atoms with Crippen molar-refractivity contribution >= 4 is 45.1 Å². The van der Waals surface area contributed by atoms with Crippen LogP contribution in [-0.4, -0.2) is 68.0 Å². The van der Waals surface area contributed by atoms with Crippen molar-refractivity contribution in [2.75, 3.05) is 26.3 Å². The summed E-state index contributed by atoms with van der Waals surface area (Å²) in [5.41, 5.74) is -0.960. The Bertz CT molecular complexity index is 964. The minimum Gasteiger partial charge on any atom is -0.467 e. The van der Waals surface area contributed by atoms with Crippen molar-refractivity contribution in [2.45, 2.75) is 34.7 Å². The van der Waals surface area contributed by atoms with E-state index < -0.39 is 41.3 Å². The molecule has 164 valence electrons. The molecule has 2 aliphatic heterocycles. The zero-order valence-corrected chi connectivity index (χ0v) is 18.1. The Hall–Kier alpha value is -1.28. The van der Waals surface area contributed by atoms with Crippen molar-refractivity contribution in [1.29, 1.82) is 0 Å². The highest BCUT2D eigenvalue weighted by Crippen LogP contribution is 2.44. The molecule has 2 aromatic heterocycles. The van der Waals surface area contributed by atoms with Crippen molar-refractivity contribution in [1.82, 2.24) is 19.9 Å². The highest BCUT2D eigenvalue weighted by Gasteiger charge is 2.56. The second kappa shape index (κ2) is 8.01. The lowest BCUT2D eigenvalue weighted by molar-refractivity contribution is -0.153. The second-order valence-corrected chi connectivity index (χ2v) is 8.90. The van der Waals surface area contributed by atoms with Crippen LogP contribution in [0.15, 0.2) is 6.20 Å². The normalized spacial score (nSPS) is 26.9. The zero-order chi connectivity index (χ0) is 21.7. The average molecular weight is 565 g/mol. The van der Waals surface area contributed by atoms with Crippen molar-refractivity contribution in [2.24, 2.45) is 0 Å². The topological polar surface area (TPSA) is 60.4 Å². The fraction of sp³-hybridized carbons (Fsp3) is 0.588. The van der Waals surface area contributed by atoms with E-state index in [1.165, 1.54) is 0 Å². The Balaban J connectivity index is 1.66. The minimum absolute atomic E-state index is 0.00563. The number of nitrogens with zero attached hydrogens (tertiary/aromatic N) is 4. The van der Waals surface area contributed by atoms with E-state index in [-0.39, 0.29) is 34.0 Å². The van der Waals surface area contributed by atoms with Gasteiger partial charge in [0.05, 0.1) is 14.8 Å². The highest BCUT2D eigenvalue weighted by molar-refractivity contribution is 14.1. The van der Waals surface area contributed by atoms with Crippen molar-refractivity contribution in [3.8, 4) is 11.9 Å². The molecule has 0 aliphatic carbocycles. The lowest BCUT2D eigenvalue weighted by atomic mass is 9.95. The molecule has 0 amide bonds. The van der Waals surface area contributed by atoms with Gasteiger partial charge < -0.3 is 9.47 Å². The van der Waals surface area contributed by atoms with Crippen LogP contribution in [0.5, 0.6) is 11.9 Å². The Morgan fingerprint density at radius 1 is 1.30 bits per heavy atom. The third-order valence-electron chi connectivity index (χ3n) is 5.30. The Kier molecular flexibility index (Phi) is 5.85. The van der Waals surface area contributed by atoms with Crippen LogP contribution < -0.4 is 9.47 Å². The van der Waals surface area contributed by atoms with Gasteiger partial charge in [-0.15, -0.1) is 0 Å². The molecular formula is C17H15ClF5IN4O2. The molecular weight excluding hydrogens is 550 g/mol. The summed E-state index contributed by atoms with van der Waals surface area (Å²) in [7, 11) is 0. The van der Waals surface area contributed by atoms with Gasteiger partial charge in [0, 0.05) is 12.7 Å². The Morgan fingerprint density at radius 2 is 2.07 bits per heavy atom. The number of halogens is 7. The van der Waals surface area contributed by atoms with E-state index in [2.05, 4.69) is 37.5 Å². The van der Waals surface area contributed by atoms with Crippen LogP contribution in [-0.2, 0) is 0 Å².